The van der Waals surface area contributed by atoms with Crippen LogP contribution in [0.25, 0.3) is 10.9 Å². The maximum atomic E-state index is 12.2. The Morgan fingerprint density at radius 3 is 2.71 bits per heavy atom. The monoisotopic (exact) mass is 386 g/mol. The number of carbonyl (C=O) groups excluding carboxylic acids is 1. The Morgan fingerprint density at radius 2 is 1.92 bits per heavy atom. The largest absolute Gasteiger partial charge is 0.478 e. The summed E-state index contributed by atoms with van der Waals surface area (Å²) in [6, 6.07) is 14.7. The Hall–Kier alpha value is -2.60. The number of aromatic carboxylic acids is 1. The molecule has 0 spiro atoms. The van der Waals surface area contributed by atoms with E-state index in [4.69, 9.17) is 0 Å². The molecule has 2 N–H and O–H groups in total. The van der Waals surface area contributed by atoms with Crippen molar-refractivity contribution in [3.8, 4) is 0 Å². The number of rotatable bonds is 5. The van der Waals surface area contributed by atoms with Gasteiger partial charge in [0.25, 0.3) is 0 Å². The van der Waals surface area contributed by atoms with Crippen LogP contribution in [0.3, 0.4) is 0 Å². The number of carbonyl (C=O) groups is 2. The lowest BCUT2D eigenvalue weighted by Gasteiger charge is -2.10. The molecular formula is C18H15BrN2O3. The molecule has 1 aromatic heterocycles. The lowest BCUT2D eigenvalue weighted by Crippen LogP contribution is -2.16. The van der Waals surface area contributed by atoms with Crippen molar-refractivity contribution in [1.82, 2.24) is 4.57 Å². The summed E-state index contributed by atoms with van der Waals surface area (Å²) in [5.74, 6) is -1.30. The number of nitrogens with zero attached hydrogens (tertiary/aromatic N) is 1. The zero-order valence-corrected chi connectivity index (χ0v) is 14.3. The Morgan fingerprint density at radius 1 is 1.12 bits per heavy atom. The van der Waals surface area contributed by atoms with E-state index in [0.29, 0.717) is 16.7 Å². The number of benzene rings is 2. The van der Waals surface area contributed by atoms with E-state index < -0.39 is 5.97 Å². The highest BCUT2D eigenvalue weighted by Gasteiger charge is 2.13. The number of anilines is 1. The summed E-state index contributed by atoms with van der Waals surface area (Å²) in [5.41, 5.74) is 1.43. The van der Waals surface area contributed by atoms with Gasteiger partial charge in [-0.25, -0.2) is 4.79 Å². The Labute approximate surface area is 147 Å². The van der Waals surface area contributed by atoms with Gasteiger partial charge in [-0.15, -0.1) is 0 Å². The van der Waals surface area contributed by atoms with Crippen LogP contribution in [0.2, 0.25) is 0 Å². The quantitative estimate of drug-likeness (QED) is 0.692. The predicted molar refractivity (Wildman–Crippen MR) is 96.3 cm³/mol. The summed E-state index contributed by atoms with van der Waals surface area (Å²) >= 11 is 3.23. The van der Waals surface area contributed by atoms with Crippen LogP contribution in [0.4, 0.5) is 5.69 Å². The van der Waals surface area contributed by atoms with Crippen LogP contribution in [0.15, 0.2) is 59.2 Å². The molecule has 3 aromatic rings. The first-order valence-corrected chi connectivity index (χ1v) is 8.20. The normalized spacial score (nSPS) is 10.7. The van der Waals surface area contributed by atoms with Gasteiger partial charge in [0.15, 0.2) is 0 Å². The molecule has 5 nitrogen and oxygen atoms in total. The molecule has 24 heavy (non-hydrogen) atoms. The van der Waals surface area contributed by atoms with Crippen molar-refractivity contribution in [2.75, 3.05) is 5.32 Å². The average molecular weight is 387 g/mol. The van der Waals surface area contributed by atoms with Crippen molar-refractivity contribution < 1.29 is 14.7 Å². The van der Waals surface area contributed by atoms with Gasteiger partial charge in [-0.2, -0.15) is 0 Å². The number of hydrogen-bond acceptors (Lipinski definition) is 2. The molecule has 0 saturated heterocycles. The Bertz CT molecular complexity index is 918. The maximum Gasteiger partial charge on any atom is 0.337 e. The molecule has 1 amide bonds. The number of amides is 1. The SMILES string of the molecule is O=C(CCn1ccc2ccccc21)Nc1ccc(Br)cc1C(=O)O. The third-order valence-corrected chi connectivity index (χ3v) is 4.24. The zero-order chi connectivity index (χ0) is 17.1. The minimum atomic E-state index is -1.08. The van der Waals surface area contributed by atoms with Crippen molar-refractivity contribution in [3.63, 3.8) is 0 Å². The number of aryl methyl sites for hydroxylation is 1. The molecule has 0 bridgehead atoms. The number of halogens is 1. The van der Waals surface area contributed by atoms with E-state index in [1.165, 1.54) is 6.07 Å². The van der Waals surface area contributed by atoms with E-state index in [1.807, 2.05) is 41.1 Å². The van der Waals surface area contributed by atoms with Crippen LogP contribution in [-0.2, 0) is 11.3 Å². The van der Waals surface area contributed by atoms with Gasteiger partial charge in [-0.3, -0.25) is 4.79 Å². The van der Waals surface area contributed by atoms with Gasteiger partial charge in [-0.1, -0.05) is 34.1 Å². The third-order valence-electron chi connectivity index (χ3n) is 3.75. The molecule has 0 radical (unpaired) electrons. The number of carboxylic acid groups (broad SMARTS) is 1. The number of aromatic nitrogens is 1. The first-order valence-electron chi connectivity index (χ1n) is 7.41. The summed E-state index contributed by atoms with van der Waals surface area (Å²) < 4.78 is 2.66. The van der Waals surface area contributed by atoms with Gasteiger partial charge in [-0.05, 0) is 35.7 Å². The van der Waals surface area contributed by atoms with Crippen LogP contribution in [-0.4, -0.2) is 21.6 Å². The minimum absolute atomic E-state index is 0.0594. The molecule has 1 heterocycles. The second-order valence-corrected chi connectivity index (χ2v) is 6.28. The fourth-order valence-electron chi connectivity index (χ4n) is 2.57. The molecular weight excluding hydrogens is 372 g/mol. The van der Waals surface area contributed by atoms with E-state index in [1.54, 1.807) is 12.1 Å². The van der Waals surface area contributed by atoms with E-state index >= 15 is 0 Å². The number of hydrogen-bond donors (Lipinski definition) is 2. The average Bonchev–Trinajstić information content (AvgIpc) is 2.97. The Balaban J connectivity index is 1.69. The first kappa shape index (κ1) is 16.3. The van der Waals surface area contributed by atoms with Gasteiger partial charge in [0, 0.05) is 29.2 Å². The van der Waals surface area contributed by atoms with Crippen LogP contribution in [0.5, 0.6) is 0 Å². The number of fused-ring (bicyclic) bond motifs is 1. The number of para-hydroxylation sites is 1. The number of nitrogens with one attached hydrogen (secondary N) is 1. The summed E-state index contributed by atoms with van der Waals surface area (Å²) in [6.45, 7) is 0.526. The molecule has 0 aliphatic carbocycles. The van der Waals surface area contributed by atoms with Crippen molar-refractivity contribution in [2.45, 2.75) is 13.0 Å². The topological polar surface area (TPSA) is 71.3 Å². The third kappa shape index (κ3) is 3.49. The molecule has 0 saturated carbocycles. The highest BCUT2D eigenvalue weighted by Crippen LogP contribution is 2.21. The van der Waals surface area contributed by atoms with Crippen LogP contribution in [0, 0.1) is 0 Å². The molecule has 122 valence electrons. The first-order chi connectivity index (χ1) is 11.5. The van der Waals surface area contributed by atoms with Gasteiger partial charge in [0.05, 0.1) is 11.3 Å². The Kier molecular flexibility index (Phi) is 4.66. The maximum absolute atomic E-state index is 12.2. The molecule has 0 unspecified atom stereocenters. The number of carboxylic acids is 1. The highest BCUT2D eigenvalue weighted by molar-refractivity contribution is 9.10. The lowest BCUT2D eigenvalue weighted by atomic mass is 10.1. The second-order valence-electron chi connectivity index (χ2n) is 5.36. The molecule has 2 aromatic carbocycles. The van der Waals surface area contributed by atoms with Gasteiger partial charge in [0.2, 0.25) is 5.91 Å². The fourth-order valence-corrected chi connectivity index (χ4v) is 2.93. The van der Waals surface area contributed by atoms with E-state index in [0.717, 1.165) is 10.9 Å². The van der Waals surface area contributed by atoms with Crippen LogP contribution in [0.1, 0.15) is 16.8 Å². The summed E-state index contributed by atoms with van der Waals surface area (Å²) in [7, 11) is 0. The summed E-state index contributed by atoms with van der Waals surface area (Å²) in [5, 5.41) is 13.0. The van der Waals surface area contributed by atoms with Crippen molar-refractivity contribution in [3.05, 3.63) is 64.8 Å². The fraction of sp³-hybridized carbons (Fsp3) is 0.111. The molecule has 3 rings (SSSR count). The highest BCUT2D eigenvalue weighted by atomic mass is 79.9. The standard InChI is InChI=1S/C18H15BrN2O3/c19-13-5-6-15(14(11-13)18(23)24)20-17(22)8-10-21-9-7-12-3-1-2-4-16(12)21/h1-7,9,11H,8,10H2,(H,20,22)(H,23,24). The zero-order valence-electron chi connectivity index (χ0n) is 12.7. The van der Waals surface area contributed by atoms with E-state index in [2.05, 4.69) is 21.2 Å². The lowest BCUT2D eigenvalue weighted by molar-refractivity contribution is -0.116. The second kappa shape index (κ2) is 6.88. The van der Waals surface area contributed by atoms with Crippen molar-refractivity contribution in [1.29, 1.82) is 0 Å². The summed E-state index contributed by atoms with van der Waals surface area (Å²) in [6.07, 6.45) is 2.20. The van der Waals surface area contributed by atoms with Crippen molar-refractivity contribution in [2.24, 2.45) is 0 Å². The molecule has 0 aliphatic heterocycles. The molecule has 6 heteroatoms. The van der Waals surface area contributed by atoms with E-state index in [-0.39, 0.29) is 17.9 Å². The predicted octanol–water partition coefficient (Wildman–Crippen LogP) is 4.13. The van der Waals surface area contributed by atoms with E-state index in [9.17, 15) is 14.7 Å². The smallest absolute Gasteiger partial charge is 0.337 e. The van der Waals surface area contributed by atoms with Gasteiger partial charge >= 0.3 is 5.97 Å². The van der Waals surface area contributed by atoms with Crippen molar-refractivity contribution >= 4 is 44.4 Å². The van der Waals surface area contributed by atoms with Gasteiger partial charge < -0.3 is 15.0 Å². The minimum Gasteiger partial charge on any atom is -0.478 e. The molecule has 0 aliphatic rings. The molecule has 0 atom stereocenters. The van der Waals surface area contributed by atoms with Crippen LogP contribution >= 0.6 is 15.9 Å². The van der Waals surface area contributed by atoms with Crippen LogP contribution < -0.4 is 5.32 Å². The summed E-state index contributed by atoms with van der Waals surface area (Å²) in [4.78, 5) is 23.4. The van der Waals surface area contributed by atoms with Gasteiger partial charge in [0.1, 0.15) is 0 Å². The molecule has 0 fully saturated rings.